The minimum absolute atomic E-state index is 0.0203. The number of aromatic nitrogens is 5. The van der Waals surface area contributed by atoms with E-state index < -0.39 is 80.2 Å². The van der Waals surface area contributed by atoms with E-state index in [1.54, 1.807) is 0 Å². The number of aryl methyl sites for hydroxylation is 1. The van der Waals surface area contributed by atoms with Crippen LogP contribution in [0.2, 0.25) is 25.7 Å². The maximum absolute atomic E-state index is 15.0. The monoisotopic (exact) mass is 752 g/mol. The maximum atomic E-state index is 15.0. The number of ether oxygens (including phenoxy) is 2. The zero-order valence-electron chi connectivity index (χ0n) is 27.4. The van der Waals surface area contributed by atoms with Crippen molar-refractivity contribution in [2.45, 2.75) is 76.8 Å². The summed E-state index contributed by atoms with van der Waals surface area (Å²) in [5.41, 5.74) is -5.94. The van der Waals surface area contributed by atoms with E-state index in [1.807, 2.05) is 0 Å². The molecule has 4 rings (SSSR count). The van der Waals surface area contributed by atoms with Gasteiger partial charge >= 0.3 is 19.0 Å². The van der Waals surface area contributed by atoms with Crippen LogP contribution in [-0.4, -0.2) is 58.3 Å². The normalized spacial score (nSPS) is 13.3. The third-order valence-corrected chi connectivity index (χ3v) is 9.26. The number of benzene rings is 1. The van der Waals surface area contributed by atoms with E-state index in [0.717, 1.165) is 16.8 Å². The van der Waals surface area contributed by atoms with E-state index in [0.29, 0.717) is 23.1 Å². The molecule has 1 aromatic carbocycles. The second-order valence-electron chi connectivity index (χ2n) is 12.7. The van der Waals surface area contributed by atoms with Gasteiger partial charge in [0.15, 0.2) is 5.82 Å². The summed E-state index contributed by atoms with van der Waals surface area (Å²) >= 11 is 0. The van der Waals surface area contributed by atoms with Gasteiger partial charge in [0.1, 0.15) is 18.1 Å². The molecule has 10 nitrogen and oxygen atoms in total. The van der Waals surface area contributed by atoms with Crippen molar-refractivity contribution in [1.82, 2.24) is 24.3 Å². The van der Waals surface area contributed by atoms with Gasteiger partial charge in [0.05, 0.1) is 35.0 Å². The van der Waals surface area contributed by atoms with Gasteiger partial charge in [0.2, 0.25) is 0 Å². The Hall–Kier alpha value is -4.30. The number of alkyl halides is 8. The van der Waals surface area contributed by atoms with E-state index in [-0.39, 0.29) is 48.2 Å². The average molecular weight is 753 g/mol. The smallest absolute Gasteiger partial charge is 0.378 e. The van der Waals surface area contributed by atoms with Gasteiger partial charge in [-0.2, -0.15) is 40.2 Å². The summed E-state index contributed by atoms with van der Waals surface area (Å²) in [4.78, 5) is 33.1. The van der Waals surface area contributed by atoms with Crippen LogP contribution in [0.4, 0.5) is 45.2 Å². The molecule has 0 aliphatic heterocycles. The van der Waals surface area contributed by atoms with Crippen molar-refractivity contribution >= 4 is 24.5 Å². The summed E-state index contributed by atoms with van der Waals surface area (Å²) in [7, 11) is -1.52. The Morgan fingerprint density at radius 2 is 1.65 bits per heavy atom. The van der Waals surface area contributed by atoms with E-state index >= 15 is 4.39 Å². The van der Waals surface area contributed by atoms with Crippen LogP contribution in [0, 0.1) is 5.82 Å². The van der Waals surface area contributed by atoms with Crippen molar-refractivity contribution in [1.29, 1.82) is 0 Å². The molecule has 0 fully saturated rings. The number of hydrogen-bond acceptors (Lipinski definition) is 8. The molecule has 0 aliphatic carbocycles. The van der Waals surface area contributed by atoms with Crippen LogP contribution in [0.25, 0.3) is 22.2 Å². The first-order valence-electron chi connectivity index (χ1n) is 15.4. The van der Waals surface area contributed by atoms with Gasteiger partial charge in [-0.15, -0.1) is 0 Å². The summed E-state index contributed by atoms with van der Waals surface area (Å²) < 4.78 is 133. The molecular formula is C31H33F9N6O4Si. The molecule has 278 valence electrons. The molecular weight excluding hydrogens is 719 g/mol. The Bertz CT molecular complexity index is 1930. The number of halogens is 9. The summed E-state index contributed by atoms with van der Waals surface area (Å²) in [5.74, 6) is -1.33. The predicted molar refractivity (Wildman–Crippen MR) is 170 cm³/mol. The summed E-state index contributed by atoms with van der Waals surface area (Å²) in [6.07, 6.45) is -6.89. The second-order valence-corrected chi connectivity index (χ2v) is 18.3. The van der Waals surface area contributed by atoms with E-state index in [2.05, 4.69) is 44.8 Å². The molecule has 4 aromatic rings. The van der Waals surface area contributed by atoms with E-state index in [1.165, 1.54) is 18.3 Å². The van der Waals surface area contributed by atoms with Gasteiger partial charge in [-0.1, -0.05) is 19.6 Å². The highest BCUT2D eigenvalue weighted by Gasteiger charge is 2.39. The Kier molecular flexibility index (Phi) is 12.3. The van der Waals surface area contributed by atoms with E-state index in [4.69, 9.17) is 4.74 Å². The quantitative estimate of drug-likeness (QED) is 0.0785. The maximum Gasteiger partial charge on any atom is 0.423 e. The third kappa shape index (κ3) is 10.6. The number of nitrogens with one attached hydrogen (secondary N) is 1. The van der Waals surface area contributed by atoms with Crippen LogP contribution in [0.3, 0.4) is 0 Å². The number of rotatable bonds is 15. The first-order chi connectivity index (χ1) is 23.7. The van der Waals surface area contributed by atoms with Crippen LogP contribution in [-0.2, 0) is 35.1 Å². The van der Waals surface area contributed by atoms with Gasteiger partial charge in [0.25, 0.3) is 11.1 Å². The predicted octanol–water partition coefficient (Wildman–Crippen LogP) is 7.00. The molecule has 0 saturated carbocycles. The molecule has 3 aromatic heterocycles. The van der Waals surface area contributed by atoms with Crippen molar-refractivity contribution in [3.63, 3.8) is 0 Å². The molecule has 0 bridgehead atoms. The lowest BCUT2D eigenvalue weighted by atomic mass is 10.1. The number of fused-ring (bicyclic) bond motifs is 1. The fourth-order valence-corrected chi connectivity index (χ4v) is 5.63. The molecule has 0 spiro atoms. The highest BCUT2D eigenvalue weighted by molar-refractivity contribution is 6.76. The van der Waals surface area contributed by atoms with Crippen molar-refractivity contribution in [3.8, 4) is 11.4 Å². The Balaban J connectivity index is 1.51. The second kappa shape index (κ2) is 15.9. The molecule has 0 radical (unpaired) electrons. The fraction of sp³-hybridized carbons (Fsp3) is 0.452. The lowest BCUT2D eigenvalue weighted by Gasteiger charge is -2.23. The molecule has 0 aliphatic rings. The number of hydrogen-bond donors (Lipinski definition) is 1. The summed E-state index contributed by atoms with van der Waals surface area (Å²) in [5, 5.41) is 6.30. The molecule has 1 N–H and O–H groups in total. The standard InChI is InChI=1S/C31H33F9N6O4Si/c1-51(2,3)10-9-49-17-46-28(48)25(31(38,39)40)24(15-43-46)44-20(16-50-29(33)34)5-4-7-45-8-6-18-11-22(23(32)12-21(18)27(45)47)26-41-13-19(14-42-26)30(35,36)37/h6,8,11-15,20,29,44H,4-5,7,9-10,16-17H2,1-3H3. The van der Waals surface area contributed by atoms with Gasteiger partial charge in [0, 0.05) is 45.9 Å². The molecule has 0 saturated heterocycles. The van der Waals surface area contributed by atoms with Crippen LogP contribution in [0.1, 0.15) is 24.0 Å². The van der Waals surface area contributed by atoms with Crippen LogP contribution in [0.15, 0.2) is 52.6 Å². The minimum Gasteiger partial charge on any atom is -0.378 e. The zero-order chi connectivity index (χ0) is 37.7. The summed E-state index contributed by atoms with van der Waals surface area (Å²) in [6.45, 7) is 1.78. The van der Waals surface area contributed by atoms with Crippen molar-refractivity contribution in [3.05, 3.63) is 80.6 Å². The number of pyridine rings is 1. The Morgan fingerprint density at radius 1 is 0.961 bits per heavy atom. The Morgan fingerprint density at radius 3 is 2.25 bits per heavy atom. The summed E-state index contributed by atoms with van der Waals surface area (Å²) in [6, 6.07) is 2.98. The SMILES string of the molecule is C[Si](C)(C)CCOCn1ncc(NC(CCCn2ccc3cc(-c4ncc(C(F)(F)F)cn4)c(F)cc3c2=O)COC(F)F)c(C(F)(F)F)c1=O. The van der Waals surface area contributed by atoms with Gasteiger partial charge in [-0.25, -0.2) is 19.0 Å². The highest BCUT2D eigenvalue weighted by atomic mass is 28.3. The van der Waals surface area contributed by atoms with Crippen molar-refractivity contribution in [2.75, 3.05) is 18.5 Å². The molecule has 0 amide bonds. The van der Waals surface area contributed by atoms with Gasteiger partial charge < -0.3 is 19.4 Å². The molecule has 51 heavy (non-hydrogen) atoms. The zero-order valence-corrected chi connectivity index (χ0v) is 28.4. The number of nitrogens with zero attached hydrogens (tertiary/aromatic N) is 5. The lowest BCUT2D eigenvalue weighted by Crippen LogP contribution is -2.35. The van der Waals surface area contributed by atoms with Crippen LogP contribution in [0.5, 0.6) is 0 Å². The number of anilines is 1. The molecule has 1 atom stereocenters. The average Bonchev–Trinajstić information content (AvgIpc) is 3.02. The van der Waals surface area contributed by atoms with E-state index in [9.17, 15) is 44.7 Å². The van der Waals surface area contributed by atoms with Gasteiger partial charge in [-0.3, -0.25) is 9.59 Å². The molecule has 1 unspecified atom stereocenters. The van der Waals surface area contributed by atoms with Crippen LogP contribution < -0.4 is 16.4 Å². The van der Waals surface area contributed by atoms with Crippen molar-refractivity contribution in [2.24, 2.45) is 0 Å². The Labute approximate surface area is 285 Å². The van der Waals surface area contributed by atoms with Crippen molar-refractivity contribution < 1.29 is 49.0 Å². The lowest BCUT2D eigenvalue weighted by molar-refractivity contribution is -0.139. The fourth-order valence-electron chi connectivity index (χ4n) is 4.87. The van der Waals surface area contributed by atoms with Crippen LogP contribution >= 0.6 is 0 Å². The first-order valence-corrected chi connectivity index (χ1v) is 19.1. The van der Waals surface area contributed by atoms with Gasteiger partial charge in [-0.05, 0) is 42.5 Å². The highest BCUT2D eigenvalue weighted by Crippen LogP contribution is 2.33. The third-order valence-electron chi connectivity index (χ3n) is 7.56. The minimum atomic E-state index is -5.15. The largest absolute Gasteiger partial charge is 0.423 e. The molecule has 20 heteroatoms. The topological polar surface area (TPSA) is 113 Å². The molecule has 3 heterocycles. The first kappa shape index (κ1) is 39.5.